The molecule has 2 aliphatic rings. The van der Waals surface area contributed by atoms with E-state index in [4.69, 9.17) is 0 Å². The van der Waals surface area contributed by atoms with Gasteiger partial charge in [-0.2, -0.15) is 0 Å². The summed E-state index contributed by atoms with van der Waals surface area (Å²) in [5.41, 5.74) is 0. The summed E-state index contributed by atoms with van der Waals surface area (Å²) in [7, 11) is 0. The molecule has 0 heterocycles. The van der Waals surface area contributed by atoms with E-state index in [0.29, 0.717) is 0 Å². The van der Waals surface area contributed by atoms with Crippen LogP contribution in [0.2, 0.25) is 0 Å². The van der Waals surface area contributed by atoms with Gasteiger partial charge in [-0.25, -0.2) is 0 Å². The predicted molar refractivity (Wildman–Crippen MR) is 61.5 cm³/mol. The zero-order valence-electron chi connectivity index (χ0n) is 9.43. The second-order valence-electron chi connectivity index (χ2n) is 5.23. The van der Waals surface area contributed by atoms with Crippen molar-refractivity contribution in [2.24, 2.45) is 5.92 Å². The molecule has 0 aromatic carbocycles. The maximum Gasteiger partial charge on any atom is 0.00682 e. The Bertz CT molecular complexity index is 143. The lowest BCUT2D eigenvalue weighted by atomic mass is 9.95. The smallest absolute Gasteiger partial charge is 0.00682 e. The van der Waals surface area contributed by atoms with E-state index in [9.17, 15) is 0 Å². The summed E-state index contributed by atoms with van der Waals surface area (Å²) in [6, 6.07) is 0.907. The highest BCUT2D eigenvalue weighted by Gasteiger charge is 2.19. The van der Waals surface area contributed by atoms with Crippen molar-refractivity contribution in [1.29, 1.82) is 0 Å². The van der Waals surface area contributed by atoms with Gasteiger partial charge in [-0.15, -0.1) is 0 Å². The standard InChI is InChI=1S/C13H25N/c1-2-4-7-12(6-3-1)8-5-11-14-13-9-10-13/h12-14H,1-11H2. The van der Waals surface area contributed by atoms with E-state index in [1.807, 2.05) is 0 Å². The first-order valence-electron chi connectivity index (χ1n) is 6.68. The Morgan fingerprint density at radius 3 is 2.21 bits per heavy atom. The van der Waals surface area contributed by atoms with E-state index < -0.39 is 0 Å². The minimum absolute atomic E-state index is 0.907. The number of hydrogen-bond donors (Lipinski definition) is 1. The first kappa shape index (κ1) is 10.5. The Hall–Kier alpha value is -0.0400. The maximum atomic E-state index is 3.61. The molecular formula is C13H25N. The summed E-state index contributed by atoms with van der Waals surface area (Å²) in [4.78, 5) is 0. The molecule has 1 N–H and O–H groups in total. The summed E-state index contributed by atoms with van der Waals surface area (Å²) in [6.07, 6.45) is 14.8. The summed E-state index contributed by atoms with van der Waals surface area (Å²) in [6.45, 7) is 1.28. The van der Waals surface area contributed by atoms with Crippen LogP contribution in [0.25, 0.3) is 0 Å². The van der Waals surface area contributed by atoms with E-state index in [-0.39, 0.29) is 0 Å². The minimum atomic E-state index is 0.907. The van der Waals surface area contributed by atoms with Crippen molar-refractivity contribution < 1.29 is 0 Å². The molecule has 14 heavy (non-hydrogen) atoms. The third-order valence-electron chi connectivity index (χ3n) is 3.77. The van der Waals surface area contributed by atoms with Crippen LogP contribution in [0.5, 0.6) is 0 Å². The van der Waals surface area contributed by atoms with Crippen LogP contribution in [0, 0.1) is 5.92 Å². The fourth-order valence-corrected chi connectivity index (χ4v) is 2.64. The summed E-state index contributed by atoms with van der Waals surface area (Å²) in [5, 5.41) is 3.61. The second kappa shape index (κ2) is 5.75. The van der Waals surface area contributed by atoms with Crippen LogP contribution < -0.4 is 5.32 Å². The molecule has 82 valence electrons. The van der Waals surface area contributed by atoms with Gasteiger partial charge in [-0.3, -0.25) is 0 Å². The molecule has 0 spiro atoms. The molecular weight excluding hydrogens is 170 g/mol. The van der Waals surface area contributed by atoms with E-state index in [1.165, 1.54) is 70.8 Å². The quantitative estimate of drug-likeness (QED) is 0.523. The molecule has 0 unspecified atom stereocenters. The van der Waals surface area contributed by atoms with Crippen molar-refractivity contribution in [2.45, 2.75) is 70.3 Å². The van der Waals surface area contributed by atoms with Gasteiger partial charge in [0.05, 0.1) is 0 Å². The molecule has 0 atom stereocenters. The zero-order valence-corrected chi connectivity index (χ0v) is 9.43. The third-order valence-corrected chi connectivity index (χ3v) is 3.77. The second-order valence-corrected chi connectivity index (χ2v) is 5.23. The number of nitrogens with one attached hydrogen (secondary N) is 1. The van der Waals surface area contributed by atoms with Crippen LogP contribution in [-0.4, -0.2) is 12.6 Å². The third kappa shape index (κ3) is 4.00. The molecule has 0 aromatic rings. The Morgan fingerprint density at radius 2 is 1.57 bits per heavy atom. The van der Waals surface area contributed by atoms with Crippen LogP contribution in [0.4, 0.5) is 0 Å². The van der Waals surface area contributed by atoms with Gasteiger partial charge in [0.15, 0.2) is 0 Å². The average Bonchev–Trinajstić information content (AvgIpc) is 3.01. The van der Waals surface area contributed by atoms with Crippen molar-refractivity contribution in [3.63, 3.8) is 0 Å². The lowest BCUT2D eigenvalue weighted by molar-refractivity contribution is 0.409. The van der Waals surface area contributed by atoms with E-state index in [2.05, 4.69) is 5.32 Å². The molecule has 0 bridgehead atoms. The average molecular weight is 195 g/mol. The molecule has 0 radical (unpaired) electrons. The van der Waals surface area contributed by atoms with Gasteiger partial charge in [0.25, 0.3) is 0 Å². The molecule has 2 saturated carbocycles. The Balaban J connectivity index is 1.49. The maximum absolute atomic E-state index is 3.61. The molecule has 2 fully saturated rings. The minimum Gasteiger partial charge on any atom is -0.314 e. The van der Waals surface area contributed by atoms with Crippen molar-refractivity contribution in [3.8, 4) is 0 Å². The Kier molecular flexibility index (Phi) is 4.30. The van der Waals surface area contributed by atoms with E-state index in [0.717, 1.165) is 12.0 Å². The number of hydrogen-bond acceptors (Lipinski definition) is 1. The van der Waals surface area contributed by atoms with Crippen LogP contribution in [0.15, 0.2) is 0 Å². The zero-order chi connectivity index (χ0) is 9.64. The van der Waals surface area contributed by atoms with Gasteiger partial charge < -0.3 is 5.32 Å². The monoisotopic (exact) mass is 195 g/mol. The van der Waals surface area contributed by atoms with Crippen LogP contribution in [-0.2, 0) is 0 Å². The van der Waals surface area contributed by atoms with Gasteiger partial charge in [0, 0.05) is 6.04 Å². The molecule has 0 aromatic heterocycles. The first-order valence-corrected chi connectivity index (χ1v) is 6.68. The van der Waals surface area contributed by atoms with Crippen LogP contribution in [0.1, 0.15) is 64.2 Å². The van der Waals surface area contributed by atoms with Gasteiger partial charge in [-0.1, -0.05) is 38.5 Å². The first-order chi connectivity index (χ1) is 6.95. The molecule has 2 aliphatic carbocycles. The summed E-state index contributed by atoms with van der Waals surface area (Å²) in [5.74, 6) is 1.07. The van der Waals surface area contributed by atoms with E-state index >= 15 is 0 Å². The van der Waals surface area contributed by atoms with Gasteiger partial charge in [0.2, 0.25) is 0 Å². The predicted octanol–water partition coefficient (Wildman–Crippen LogP) is 3.49. The fourth-order valence-electron chi connectivity index (χ4n) is 2.64. The normalized spacial score (nSPS) is 24.9. The van der Waals surface area contributed by atoms with Crippen LogP contribution in [0.3, 0.4) is 0 Å². The summed E-state index contributed by atoms with van der Waals surface area (Å²) >= 11 is 0. The van der Waals surface area contributed by atoms with Gasteiger partial charge in [-0.05, 0) is 38.1 Å². The Labute approximate surface area is 88.7 Å². The Morgan fingerprint density at radius 1 is 0.857 bits per heavy atom. The van der Waals surface area contributed by atoms with E-state index in [1.54, 1.807) is 0 Å². The van der Waals surface area contributed by atoms with Crippen molar-refractivity contribution >= 4 is 0 Å². The highest BCUT2D eigenvalue weighted by atomic mass is 14.9. The molecule has 0 amide bonds. The lowest BCUT2D eigenvalue weighted by Crippen LogP contribution is -2.18. The topological polar surface area (TPSA) is 12.0 Å². The molecule has 1 heteroatoms. The van der Waals surface area contributed by atoms with Crippen molar-refractivity contribution in [3.05, 3.63) is 0 Å². The summed E-state index contributed by atoms with van der Waals surface area (Å²) < 4.78 is 0. The SMILES string of the molecule is C1CCCC(CCCNC2CC2)CC1. The van der Waals surface area contributed by atoms with Crippen molar-refractivity contribution in [2.75, 3.05) is 6.54 Å². The molecule has 2 rings (SSSR count). The highest BCUT2D eigenvalue weighted by molar-refractivity contribution is 4.80. The van der Waals surface area contributed by atoms with Crippen molar-refractivity contribution in [1.82, 2.24) is 5.32 Å². The highest BCUT2D eigenvalue weighted by Crippen LogP contribution is 2.26. The molecule has 1 nitrogen and oxygen atoms in total. The molecule has 0 aliphatic heterocycles. The van der Waals surface area contributed by atoms with Gasteiger partial charge in [0.1, 0.15) is 0 Å². The largest absolute Gasteiger partial charge is 0.314 e. The fraction of sp³-hybridized carbons (Fsp3) is 1.00. The number of rotatable bonds is 5. The lowest BCUT2D eigenvalue weighted by Gasteiger charge is -2.13. The molecule has 0 saturated heterocycles. The van der Waals surface area contributed by atoms with Gasteiger partial charge >= 0.3 is 0 Å². The van der Waals surface area contributed by atoms with Crippen LogP contribution >= 0.6 is 0 Å².